The third-order valence-electron chi connectivity index (χ3n) is 4.66. The maximum Gasteiger partial charge on any atom is 0.262 e. The molecule has 0 aliphatic heterocycles. The topological polar surface area (TPSA) is 34.9 Å². The molecular formula is C23H18ClFN2OS. The SMILES string of the molecule is Cc1ccc(Cn2c(SCc3ccc(F)cc3Cl)nc3ccccc3c2=O)cc1. The Morgan fingerprint density at radius 1 is 1.07 bits per heavy atom. The van der Waals surface area contributed by atoms with Crippen molar-refractivity contribution in [3.05, 3.63) is 105 Å². The average molecular weight is 425 g/mol. The second-order valence-corrected chi connectivity index (χ2v) is 8.16. The molecule has 0 amide bonds. The lowest BCUT2D eigenvalue weighted by molar-refractivity contribution is 0.627. The normalized spacial score (nSPS) is 11.1. The van der Waals surface area contributed by atoms with E-state index in [1.807, 2.05) is 49.4 Å². The number of nitrogens with zero attached hydrogens (tertiary/aromatic N) is 2. The molecule has 0 saturated carbocycles. The fourth-order valence-electron chi connectivity index (χ4n) is 3.05. The van der Waals surface area contributed by atoms with Crippen molar-refractivity contribution in [2.24, 2.45) is 0 Å². The fourth-order valence-corrected chi connectivity index (χ4v) is 4.37. The van der Waals surface area contributed by atoms with Crippen molar-refractivity contribution in [3.63, 3.8) is 0 Å². The molecule has 0 spiro atoms. The van der Waals surface area contributed by atoms with Crippen LogP contribution < -0.4 is 5.56 Å². The molecule has 0 aliphatic carbocycles. The van der Waals surface area contributed by atoms with Crippen LogP contribution in [0.3, 0.4) is 0 Å². The zero-order valence-corrected chi connectivity index (χ0v) is 17.3. The standard InChI is InChI=1S/C23H18ClFN2OS/c1-15-6-8-16(9-7-15)13-27-22(28)19-4-2-3-5-21(19)26-23(27)29-14-17-10-11-18(25)12-20(17)24/h2-12H,13-14H2,1H3. The first kappa shape index (κ1) is 19.7. The zero-order valence-electron chi connectivity index (χ0n) is 15.7. The van der Waals surface area contributed by atoms with E-state index in [9.17, 15) is 9.18 Å². The minimum Gasteiger partial charge on any atom is -0.283 e. The number of para-hydroxylation sites is 1. The van der Waals surface area contributed by atoms with Gasteiger partial charge in [-0.2, -0.15) is 0 Å². The monoisotopic (exact) mass is 424 g/mol. The molecule has 3 aromatic carbocycles. The van der Waals surface area contributed by atoms with Gasteiger partial charge in [0.2, 0.25) is 0 Å². The van der Waals surface area contributed by atoms with E-state index in [0.717, 1.165) is 11.1 Å². The van der Waals surface area contributed by atoms with Crippen LogP contribution >= 0.6 is 23.4 Å². The molecule has 146 valence electrons. The van der Waals surface area contributed by atoms with Crippen molar-refractivity contribution in [1.29, 1.82) is 0 Å². The molecule has 29 heavy (non-hydrogen) atoms. The summed E-state index contributed by atoms with van der Waals surface area (Å²) < 4.78 is 15.0. The van der Waals surface area contributed by atoms with E-state index in [-0.39, 0.29) is 11.4 Å². The number of halogens is 2. The van der Waals surface area contributed by atoms with E-state index in [1.54, 1.807) is 16.7 Å². The second-order valence-electron chi connectivity index (χ2n) is 6.81. The molecule has 0 fully saturated rings. The summed E-state index contributed by atoms with van der Waals surface area (Å²) in [7, 11) is 0. The second kappa shape index (κ2) is 8.39. The third-order valence-corrected chi connectivity index (χ3v) is 6.04. The maximum atomic E-state index is 13.3. The lowest BCUT2D eigenvalue weighted by atomic mass is 10.1. The minimum atomic E-state index is -0.371. The van der Waals surface area contributed by atoms with Gasteiger partial charge in [-0.1, -0.05) is 71.4 Å². The van der Waals surface area contributed by atoms with E-state index >= 15 is 0 Å². The number of fused-ring (bicyclic) bond motifs is 1. The summed E-state index contributed by atoms with van der Waals surface area (Å²) in [5, 5.41) is 1.56. The first-order valence-corrected chi connectivity index (χ1v) is 10.5. The van der Waals surface area contributed by atoms with E-state index in [1.165, 1.54) is 29.5 Å². The lowest BCUT2D eigenvalue weighted by Crippen LogP contribution is -2.24. The summed E-state index contributed by atoms with van der Waals surface area (Å²) >= 11 is 7.58. The highest BCUT2D eigenvalue weighted by atomic mass is 35.5. The molecule has 4 rings (SSSR count). The Morgan fingerprint density at radius 2 is 1.83 bits per heavy atom. The number of benzene rings is 3. The Balaban J connectivity index is 1.74. The Bertz CT molecular complexity index is 1240. The summed E-state index contributed by atoms with van der Waals surface area (Å²) in [5.74, 6) is 0.112. The number of thioether (sulfide) groups is 1. The Kier molecular flexibility index (Phi) is 5.69. The minimum absolute atomic E-state index is 0.0797. The number of hydrogen-bond donors (Lipinski definition) is 0. The Labute approximate surface area is 177 Å². The molecule has 6 heteroatoms. The van der Waals surface area contributed by atoms with Crippen molar-refractivity contribution in [2.75, 3.05) is 0 Å². The number of rotatable bonds is 5. The predicted octanol–water partition coefficient (Wildman–Crippen LogP) is 5.84. The van der Waals surface area contributed by atoms with Crippen LogP contribution in [0, 0.1) is 12.7 Å². The van der Waals surface area contributed by atoms with Crippen LogP contribution in [-0.4, -0.2) is 9.55 Å². The molecule has 0 aliphatic rings. The smallest absolute Gasteiger partial charge is 0.262 e. The summed E-state index contributed by atoms with van der Waals surface area (Å²) in [6, 6.07) is 19.8. The van der Waals surface area contributed by atoms with Crippen LogP contribution in [0.4, 0.5) is 4.39 Å². The molecule has 0 radical (unpaired) electrons. The van der Waals surface area contributed by atoms with Gasteiger partial charge >= 0.3 is 0 Å². The molecule has 0 unspecified atom stereocenters. The van der Waals surface area contributed by atoms with E-state index in [0.29, 0.717) is 33.4 Å². The fraction of sp³-hybridized carbons (Fsp3) is 0.130. The molecule has 3 nitrogen and oxygen atoms in total. The van der Waals surface area contributed by atoms with Crippen LogP contribution in [0.5, 0.6) is 0 Å². The highest BCUT2D eigenvalue weighted by Crippen LogP contribution is 2.27. The maximum absolute atomic E-state index is 13.3. The first-order valence-electron chi connectivity index (χ1n) is 9.13. The quantitative estimate of drug-likeness (QED) is 0.298. The van der Waals surface area contributed by atoms with Crippen molar-refractivity contribution < 1.29 is 4.39 Å². The largest absolute Gasteiger partial charge is 0.283 e. The van der Waals surface area contributed by atoms with Crippen LogP contribution in [0.25, 0.3) is 10.9 Å². The summed E-state index contributed by atoms with van der Waals surface area (Å²) in [5.41, 5.74) is 3.56. The van der Waals surface area contributed by atoms with E-state index < -0.39 is 0 Å². The molecule has 0 saturated heterocycles. The third kappa shape index (κ3) is 4.36. The van der Waals surface area contributed by atoms with Crippen LogP contribution in [0.2, 0.25) is 5.02 Å². The van der Waals surface area contributed by atoms with Crippen LogP contribution in [-0.2, 0) is 12.3 Å². The molecular weight excluding hydrogens is 407 g/mol. The predicted molar refractivity (Wildman–Crippen MR) is 117 cm³/mol. The van der Waals surface area contributed by atoms with Gasteiger partial charge in [0.25, 0.3) is 5.56 Å². The summed E-state index contributed by atoms with van der Waals surface area (Å²) in [6.07, 6.45) is 0. The van der Waals surface area contributed by atoms with Gasteiger partial charge in [-0.15, -0.1) is 0 Å². The first-order chi connectivity index (χ1) is 14.0. The molecule has 0 atom stereocenters. The van der Waals surface area contributed by atoms with Gasteiger partial charge in [0.05, 0.1) is 17.4 Å². The number of aromatic nitrogens is 2. The van der Waals surface area contributed by atoms with Crippen LogP contribution in [0.1, 0.15) is 16.7 Å². The molecule has 4 aromatic rings. The van der Waals surface area contributed by atoms with Crippen molar-refractivity contribution in [3.8, 4) is 0 Å². The molecule has 0 N–H and O–H groups in total. The summed E-state index contributed by atoms with van der Waals surface area (Å²) in [4.78, 5) is 17.9. The van der Waals surface area contributed by atoms with Gasteiger partial charge in [0.1, 0.15) is 5.82 Å². The van der Waals surface area contributed by atoms with E-state index in [4.69, 9.17) is 16.6 Å². The van der Waals surface area contributed by atoms with Gasteiger partial charge in [-0.3, -0.25) is 9.36 Å². The highest BCUT2D eigenvalue weighted by Gasteiger charge is 2.13. The zero-order chi connectivity index (χ0) is 20.4. The number of aryl methyl sites for hydroxylation is 1. The lowest BCUT2D eigenvalue weighted by Gasteiger charge is -2.14. The van der Waals surface area contributed by atoms with Crippen molar-refractivity contribution in [2.45, 2.75) is 24.4 Å². The molecule has 1 heterocycles. The van der Waals surface area contributed by atoms with Gasteiger partial charge in [-0.05, 0) is 42.3 Å². The Hall–Kier alpha value is -2.63. The van der Waals surface area contributed by atoms with Gasteiger partial charge < -0.3 is 0 Å². The average Bonchev–Trinajstić information content (AvgIpc) is 2.71. The molecule has 1 aromatic heterocycles. The van der Waals surface area contributed by atoms with Gasteiger partial charge in [0, 0.05) is 10.8 Å². The van der Waals surface area contributed by atoms with Crippen LogP contribution in [0.15, 0.2) is 76.7 Å². The van der Waals surface area contributed by atoms with Crippen molar-refractivity contribution >= 4 is 34.3 Å². The number of hydrogen-bond acceptors (Lipinski definition) is 3. The van der Waals surface area contributed by atoms with E-state index in [2.05, 4.69) is 0 Å². The van der Waals surface area contributed by atoms with Gasteiger partial charge in [-0.25, -0.2) is 9.37 Å². The van der Waals surface area contributed by atoms with Gasteiger partial charge in [0.15, 0.2) is 5.16 Å². The highest BCUT2D eigenvalue weighted by molar-refractivity contribution is 7.98. The van der Waals surface area contributed by atoms with Crippen molar-refractivity contribution in [1.82, 2.24) is 9.55 Å². The summed E-state index contributed by atoms with van der Waals surface area (Å²) in [6.45, 7) is 2.46. The molecule has 0 bridgehead atoms. The Morgan fingerprint density at radius 3 is 2.59 bits per heavy atom.